The van der Waals surface area contributed by atoms with Gasteiger partial charge in [0.15, 0.2) is 0 Å². The van der Waals surface area contributed by atoms with Gasteiger partial charge in [-0.15, -0.1) is 4.40 Å². The summed E-state index contributed by atoms with van der Waals surface area (Å²) >= 11 is 12.1. The highest BCUT2D eigenvalue weighted by Crippen LogP contribution is 2.38. The molecule has 0 saturated carbocycles. The standard InChI is InChI=1S/C18H16Cl2N4O3S/c19-11-5-6-16(21-10-11)22-18(25)12-8-15-14(9-13(12)20)24-7-3-1-2-4-17(24)23-28(15,26)27/h5-6,8-10H,1-4,7H2,(H,21,22,25). The second-order valence-corrected chi connectivity index (χ2v) is 8.98. The van der Waals surface area contributed by atoms with E-state index in [1.54, 1.807) is 6.07 Å². The Morgan fingerprint density at radius 2 is 1.96 bits per heavy atom. The van der Waals surface area contributed by atoms with Gasteiger partial charge >= 0.3 is 0 Å². The maximum atomic E-state index is 12.7. The lowest BCUT2D eigenvalue weighted by atomic mass is 10.1. The van der Waals surface area contributed by atoms with Gasteiger partial charge in [0.05, 0.1) is 21.3 Å². The zero-order valence-corrected chi connectivity index (χ0v) is 17.0. The number of halogens is 2. The van der Waals surface area contributed by atoms with Crippen LogP contribution in [-0.4, -0.2) is 31.7 Å². The maximum absolute atomic E-state index is 12.7. The summed E-state index contributed by atoms with van der Waals surface area (Å²) in [5, 5.41) is 3.18. The van der Waals surface area contributed by atoms with Crippen LogP contribution in [0.1, 0.15) is 36.0 Å². The number of rotatable bonds is 2. The van der Waals surface area contributed by atoms with Crippen molar-refractivity contribution in [2.24, 2.45) is 4.40 Å². The van der Waals surface area contributed by atoms with Crippen molar-refractivity contribution < 1.29 is 13.2 Å². The first-order valence-electron chi connectivity index (χ1n) is 8.73. The Morgan fingerprint density at radius 1 is 1.14 bits per heavy atom. The SMILES string of the molecule is O=C(Nc1ccc(Cl)cn1)c1cc2c(cc1Cl)N1CCCCCC1=NS2(=O)=O. The van der Waals surface area contributed by atoms with E-state index in [0.717, 1.165) is 19.3 Å². The molecule has 1 saturated heterocycles. The fourth-order valence-corrected chi connectivity index (χ4v) is 4.93. The summed E-state index contributed by atoms with van der Waals surface area (Å²) < 4.78 is 29.4. The number of amidine groups is 1. The number of sulfonamides is 1. The Kier molecular flexibility index (Phi) is 5.03. The van der Waals surface area contributed by atoms with E-state index in [2.05, 4.69) is 14.7 Å². The van der Waals surface area contributed by atoms with Crippen molar-refractivity contribution >= 4 is 56.5 Å². The van der Waals surface area contributed by atoms with E-state index in [-0.39, 0.29) is 21.3 Å². The van der Waals surface area contributed by atoms with Gasteiger partial charge in [0, 0.05) is 19.2 Å². The number of pyridine rings is 1. The first kappa shape index (κ1) is 19.2. The van der Waals surface area contributed by atoms with Crippen LogP contribution < -0.4 is 10.2 Å². The number of hydrogen-bond donors (Lipinski definition) is 1. The van der Waals surface area contributed by atoms with Gasteiger partial charge in [0.1, 0.15) is 16.5 Å². The van der Waals surface area contributed by atoms with Gasteiger partial charge in [0.2, 0.25) is 0 Å². The Bertz CT molecular complexity index is 1080. The smallest absolute Gasteiger partial charge is 0.286 e. The molecule has 1 fully saturated rings. The highest BCUT2D eigenvalue weighted by Gasteiger charge is 2.33. The second-order valence-electron chi connectivity index (χ2n) is 6.56. The van der Waals surface area contributed by atoms with E-state index >= 15 is 0 Å². The van der Waals surface area contributed by atoms with Gasteiger partial charge in [-0.25, -0.2) is 4.98 Å². The molecule has 28 heavy (non-hydrogen) atoms. The summed E-state index contributed by atoms with van der Waals surface area (Å²) in [5.74, 6) is 0.242. The molecule has 0 radical (unpaired) electrons. The lowest BCUT2D eigenvalue weighted by Crippen LogP contribution is -2.35. The van der Waals surface area contributed by atoms with Crippen molar-refractivity contribution in [1.29, 1.82) is 0 Å². The number of carbonyl (C=O) groups excluding carboxylic acids is 1. The first-order valence-corrected chi connectivity index (χ1v) is 10.9. The number of aromatic nitrogens is 1. The molecule has 4 rings (SSSR count). The van der Waals surface area contributed by atoms with Crippen molar-refractivity contribution in [1.82, 2.24) is 4.98 Å². The summed E-state index contributed by atoms with van der Waals surface area (Å²) in [6.45, 7) is 0.665. The number of fused-ring (bicyclic) bond motifs is 3. The number of carbonyl (C=O) groups is 1. The minimum Gasteiger partial charge on any atom is -0.328 e. The van der Waals surface area contributed by atoms with Crippen molar-refractivity contribution in [3.63, 3.8) is 0 Å². The lowest BCUT2D eigenvalue weighted by molar-refractivity contribution is 0.102. The molecule has 1 aromatic heterocycles. The third kappa shape index (κ3) is 3.59. The van der Waals surface area contributed by atoms with Crippen LogP contribution in [-0.2, 0) is 10.0 Å². The zero-order chi connectivity index (χ0) is 19.9. The average molecular weight is 439 g/mol. The van der Waals surface area contributed by atoms with Crippen LogP contribution in [0, 0.1) is 0 Å². The van der Waals surface area contributed by atoms with E-state index in [1.807, 2.05) is 4.90 Å². The van der Waals surface area contributed by atoms with Gasteiger partial charge in [0.25, 0.3) is 15.9 Å². The highest BCUT2D eigenvalue weighted by molar-refractivity contribution is 7.90. The van der Waals surface area contributed by atoms with Crippen LogP contribution in [0.25, 0.3) is 0 Å². The third-order valence-electron chi connectivity index (χ3n) is 4.65. The molecule has 146 valence electrons. The molecule has 3 heterocycles. The Balaban J connectivity index is 1.73. The summed E-state index contributed by atoms with van der Waals surface area (Å²) in [5.41, 5.74) is 0.507. The van der Waals surface area contributed by atoms with Crippen LogP contribution in [0.3, 0.4) is 0 Å². The van der Waals surface area contributed by atoms with Gasteiger partial charge < -0.3 is 10.2 Å². The molecule has 0 atom stereocenters. The minimum atomic E-state index is -3.91. The quantitative estimate of drug-likeness (QED) is 0.760. The number of hydrogen-bond acceptors (Lipinski definition) is 5. The number of amides is 1. The van der Waals surface area contributed by atoms with Crippen LogP contribution in [0.5, 0.6) is 0 Å². The van der Waals surface area contributed by atoms with E-state index in [4.69, 9.17) is 23.2 Å². The highest BCUT2D eigenvalue weighted by atomic mass is 35.5. The van der Waals surface area contributed by atoms with Crippen molar-refractivity contribution in [3.05, 3.63) is 46.1 Å². The van der Waals surface area contributed by atoms with Crippen molar-refractivity contribution in [2.75, 3.05) is 16.8 Å². The second kappa shape index (κ2) is 7.35. The maximum Gasteiger partial charge on any atom is 0.286 e. The fourth-order valence-electron chi connectivity index (χ4n) is 3.30. The molecule has 0 unspecified atom stereocenters. The summed E-state index contributed by atoms with van der Waals surface area (Å²) in [6.07, 6.45) is 4.82. The zero-order valence-electron chi connectivity index (χ0n) is 14.7. The normalized spacial score (nSPS) is 17.8. The van der Waals surface area contributed by atoms with Crippen molar-refractivity contribution in [3.8, 4) is 0 Å². The first-order chi connectivity index (χ1) is 13.3. The van der Waals surface area contributed by atoms with Gasteiger partial charge in [-0.1, -0.05) is 29.6 Å². The molecule has 1 amide bonds. The largest absolute Gasteiger partial charge is 0.328 e. The number of anilines is 2. The summed E-state index contributed by atoms with van der Waals surface area (Å²) in [7, 11) is -3.91. The van der Waals surface area contributed by atoms with Crippen LogP contribution in [0.2, 0.25) is 10.0 Å². The Labute approximate surface area is 172 Å². The number of benzene rings is 1. The molecule has 7 nitrogen and oxygen atoms in total. The Morgan fingerprint density at radius 3 is 2.71 bits per heavy atom. The predicted molar refractivity (Wildman–Crippen MR) is 109 cm³/mol. The lowest BCUT2D eigenvalue weighted by Gasteiger charge is -2.30. The molecule has 2 aliphatic rings. The molecule has 0 aliphatic carbocycles. The van der Waals surface area contributed by atoms with E-state index in [1.165, 1.54) is 24.4 Å². The molecule has 1 aromatic carbocycles. The van der Waals surface area contributed by atoms with E-state index in [9.17, 15) is 13.2 Å². The van der Waals surface area contributed by atoms with Crippen LogP contribution in [0.15, 0.2) is 39.8 Å². The predicted octanol–water partition coefficient (Wildman–Crippen LogP) is 4.12. The monoisotopic (exact) mass is 438 g/mol. The van der Waals surface area contributed by atoms with Crippen molar-refractivity contribution in [2.45, 2.75) is 30.6 Å². The van der Waals surface area contributed by atoms with E-state index < -0.39 is 15.9 Å². The molecular formula is C18H16Cl2N4O3S. The molecule has 1 N–H and O–H groups in total. The summed E-state index contributed by atoms with van der Waals surface area (Å²) in [6, 6.07) is 5.93. The van der Waals surface area contributed by atoms with Gasteiger partial charge in [-0.2, -0.15) is 8.42 Å². The van der Waals surface area contributed by atoms with Crippen LogP contribution in [0.4, 0.5) is 11.5 Å². The summed E-state index contributed by atoms with van der Waals surface area (Å²) in [4.78, 5) is 18.5. The van der Waals surface area contributed by atoms with E-state index in [0.29, 0.717) is 29.5 Å². The molecule has 2 aromatic rings. The number of nitrogens with zero attached hydrogens (tertiary/aromatic N) is 3. The molecule has 0 bridgehead atoms. The molecular weight excluding hydrogens is 423 g/mol. The minimum absolute atomic E-state index is 0.0169. The molecule has 0 spiro atoms. The average Bonchev–Trinajstić information content (AvgIpc) is 2.88. The molecule has 2 aliphatic heterocycles. The Hall–Kier alpha value is -2.16. The van der Waals surface area contributed by atoms with Gasteiger partial charge in [-0.3, -0.25) is 4.79 Å². The van der Waals surface area contributed by atoms with Gasteiger partial charge in [-0.05, 0) is 37.1 Å². The third-order valence-corrected chi connectivity index (χ3v) is 6.52. The molecule has 10 heteroatoms. The topological polar surface area (TPSA) is 91.7 Å². The number of nitrogens with one attached hydrogen (secondary N) is 1. The fraction of sp³-hybridized carbons (Fsp3) is 0.278. The van der Waals surface area contributed by atoms with Crippen LogP contribution >= 0.6 is 23.2 Å².